The molecular formula is C17H22N2O2S. The molecule has 1 amide bonds. The third-order valence-electron chi connectivity index (χ3n) is 4.22. The summed E-state index contributed by atoms with van der Waals surface area (Å²) in [4.78, 5) is 20.4. The van der Waals surface area contributed by atoms with Crippen LogP contribution in [0.5, 0.6) is 0 Å². The van der Waals surface area contributed by atoms with Gasteiger partial charge in [-0.25, -0.2) is 4.98 Å². The van der Waals surface area contributed by atoms with Crippen LogP contribution < -0.4 is 0 Å². The van der Waals surface area contributed by atoms with Gasteiger partial charge in [0.25, 0.3) is 5.91 Å². The van der Waals surface area contributed by atoms with Crippen molar-refractivity contribution in [2.75, 3.05) is 6.54 Å². The Morgan fingerprint density at radius 3 is 3.05 bits per heavy atom. The Kier molecular flexibility index (Phi) is 4.62. The molecule has 0 bridgehead atoms. The van der Waals surface area contributed by atoms with Gasteiger partial charge in [-0.2, -0.15) is 0 Å². The third kappa shape index (κ3) is 2.95. The number of carbonyl (C=O) groups is 1. The zero-order valence-electron chi connectivity index (χ0n) is 13.2. The Morgan fingerprint density at radius 2 is 2.32 bits per heavy atom. The van der Waals surface area contributed by atoms with E-state index in [0.29, 0.717) is 0 Å². The SMILES string of the molecule is CCc1nc(C)sc1C(=O)N1CCCCC[C@@H]1c1ccco1. The van der Waals surface area contributed by atoms with Gasteiger partial charge in [-0.1, -0.05) is 19.8 Å². The highest BCUT2D eigenvalue weighted by molar-refractivity contribution is 7.13. The fourth-order valence-electron chi connectivity index (χ4n) is 3.14. The lowest BCUT2D eigenvalue weighted by atomic mass is 10.1. The Hall–Kier alpha value is -1.62. The first-order valence-corrected chi connectivity index (χ1v) is 8.83. The van der Waals surface area contributed by atoms with Crippen LogP contribution in [0.3, 0.4) is 0 Å². The minimum absolute atomic E-state index is 0.0529. The highest BCUT2D eigenvalue weighted by Gasteiger charge is 2.31. The quantitative estimate of drug-likeness (QED) is 0.844. The molecule has 0 spiro atoms. The van der Waals surface area contributed by atoms with Crippen molar-refractivity contribution in [2.24, 2.45) is 0 Å². The molecule has 1 aliphatic heterocycles. The van der Waals surface area contributed by atoms with E-state index in [1.54, 1.807) is 6.26 Å². The lowest BCUT2D eigenvalue weighted by molar-refractivity contribution is 0.0662. The second-order valence-corrected chi connectivity index (χ2v) is 6.94. The highest BCUT2D eigenvalue weighted by atomic mass is 32.1. The number of aryl methyl sites for hydroxylation is 2. The van der Waals surface area contributed by atoms with E-state index in [1.807, 2.05) is 24.0 Å². The minimum atomic E-state index is 0.0529. The maximum atomic E-state index is 13.1. The van der Waals surface area contributed by atoms with Crippen molar-refractivity contribution < 1.29 is 9.21 Å². The second-order valence-electron chi connectivity index (χ2n) is 5.74. The van der Waals surface area contributed by atoms with Crippen molar-refractivity contribution >= 4 is 17.2 Å². The molecule has 4 nitrogen and oxygen atoms in total. The predicted molar refractivity (Wildman–Crippen MR) is 87.2 cm³/mol. The number of carbonyl (C=O) groups excluding carboxylic acids is 1. The fourth-order valence-corrected chi connectivity index (χ4v) is 4.10. The van der Waals surface area contributed by atoms with Crippen LogP contribution in [0.15, 0.2) is 22.8 Å². The summed E-state index contributed by atoms with van der Waals surface area (Å²) in [5.74, 6) is 1.01. The maximum absolute atomic E-state index is 13.1. The maximum Gasteiger partial charge on any atom is 0.266 e. The molecule has 3 heterocycles. The van der Waals surface area contributed by atoms with Crippen LogP contribution >= 0.6 is 11.3 Å². The molecule has 0 unspecified atom stereocenters. The molecule has 1 saturated heterocycles. The van der Waals surface area contributed by atoms with Crippen LogP contribution in [0.4, 0.5) is 0 Å². The van der Waals surface area contributed by atoms with Crippen LogP contribution in [0, 0.1) is 6.92 Å². The first-order chi connectivity index (χ1) is 10.7. The normalized spacial score (nSPS) is 19.2. The van der Waals surface area contributed by atoms with Crippen LogP contribution in [-0.4, -0.2) is 22.3 Å². The molecule has 0 saturated carbocycles. The van der Waals surface area contributed by atoms with Crippen LogP contribution in [0.2, 0.25) is 0 Å². The topological polar surface area (TPSA) is 46.3 Å². The Labute approximate surface area is 135 Å². The number of rotatable bonds is 3. The molecule has 3 rings (SSSR count). The number of amides is 1. The van der Waals surface area contributed by atoms with Gasteiger partial charge in [0.1, 0.15) is 10.6 Å². The first kappa shape index (κ1) is 15.3. The number of aromatic nitrogens is 1. The number of thiazole rings is 1. The molecule has 1 atom stereocenters. The van der Waals surface area contributed by atoms with E-state index in [4.69, 9.17) is 4.42 Å². The first-order valence-electron chi connectivity index (χ1n) is 8.01. The minimum Gasteiger partial charge on any atom is -0.467 e. The summed E-state index contributed by atoms with van der Waals surface area (Å²) in [6, 6.07) is 3.93. The van der Waals surface area contributed by atoms with Crippen LogP contribution in [0.1, 0.15) is 64.8 Å². The van der Waals surface area contributed by atoms with Crippen molar-refractivity contribution in [1.29, 1.82) is 0 Å². The predicted octanol–water partition coefficient (Wildman–Crippen LogP) is 4.36. The standard InChI is InChI=1S/C17H22N2O2S/c1-3-13-16(22-12(2)18-13)17(20)19-10-6-4-5-8-14(19)15-9-7-11-21-15/h7,9,11,14H,3-6,8,10H2,1-2H3/t14-/m1/s1. The van der Waals surface area contributed by atoms with Crippen molar-refractivity contribution in [3.8, 4) is 0 Å². The van der Waals surface area contributed by atoms with E-state index in [9.17, 15) is 4.79 Å². The number of furan rings is 1. The van der Waals surface area contributed by atoms with Gasteiger partial charge in [0.15, 0.2) is 0 Å². The van der Waals surface area contributed by atoms with Gasteiger partial charge in [0.05, 0.1) is 23.0 Å². The molecule has 5 heteroatoms. The highest BCUT2D eigenvalue weighted by Crippen LogP contribution is 2.33. The van der Waals surface area contributed by atoms with E-state index in [1.165, 1.54) is 17.8 Å². The number of hydrogen-bond donors (Lipinski definition) is 0. The summed E-state index contributed by atoms with van der Waals surface area (Å²) < 4.78 is 5.60. The summed E-state index contributed by atoms with van der Waals surface area (Å²) >= 11 is 1.51. The van der Waals surface area contributed by atoms with Gasteiger partial charge in [-0.05, 0) is 38.3 Å². The molecule has 0 radical (unpaired) electrons. The van der Waals surface area contributed by atoms with Crippen molar-refractivity contribution in [2.45, 2.75) is 52.0 Å². The molecule has 2 aromatic rings. The number of nitrogens with zero attached hydrogens (tertiary/aromatic N) is 2. The Balaban J connectivity index is 1.93. The number of hydrogen-bond acceptors (Lipinski definition) is 4. The van der Waals surface area contributed by atoms with Crippen molar-refractivity contribution in [3.05, 3.63) is 39.7 Å². The van der Waals surface area contributed by atoms with Crippen molar-refractivity contribution in [3.63, 3.8) is 0 Å². The average Bonchev–Trinajstić information content (AvgIpc) is 3.10. The van der Waals surface area contributed by atoms with Gasteiger partial charge in [0.2, 0.25) is 0 Å². The van der Waals surface area contributed by atoms with Crippen LogP contribution in [-0.2, 0) is 6.42 Å². The van der Waals surface area contributed by atoms with Crippen LogP contribution in [0.25, 0.3) is 0 Å². The third-order valence-corrected chi connectivity index (χ3v) is 5.22. The molecule has 1 aliphatic rings. The van der Waals surface area contributed by atoms with E-state index < -0.39 is 0 Å². The lowest BCUT2D eigenvalue weighted by Crippen LogP contribution is -2.34. The van der Waals surface area contributed by atoms with Gasteiger partial charge < -0.3 is 9.32 Å². The smallest absolute Gasteiger partial charge is 0.266 e. The molecule has 118 valence electrons. The monoisotopic (exact) mass is 318 g/mol. The lowest BCUT2D eigenvalue weighted by Gasteiger charge is -2.28. The second kappa shape index (κ2) is 6.65. The zero-order chi connectivity index (χ0) is 15.5. The molecule has 0 aliphatic carbocycles. The van der Waals surface area contributed by atoms with E-state index >= 15 is 0 Å². The molecular weight excluding hydrogens is 296 g/mol. The Morgan fingerprint density at radius 1 is 1.45 bits per heavy atom. The van der Waals surface area contributed by atoms with Gasteiger partial charge in [-0.15, -0.1) is 11.3 Å². The van der Waals surface area contributed by atoms with E-state index in [2.05, 4.69) is 11.9 Å². The summed E-state index contributed by atoms with van der Waals surface area (Å²) in [7, 11) is 0. The van der Waals surface area contributed by atoms with Gasteiger partial charge in [-0.3, -0.25) is 4.79 Å². The molecule has 22 heavy (non-hydrogen) atoms. The summed E-state index contributed by atoms with van der Waals surface area (Å²) in [6.07, 6.45) is 6.82. The molecule has 0 N–H and O–H groups in total. The van der Waals surface area contributed by atoms with Gasteiger partial charge in [0, 0.05) is 6.54 Å². The largest absolute Gasteiger partial charge is 0.467 e. The van der Waals surface area contributed by atoms with E-state index in [-0.39, 0.29) is 11.9 Å². The van der Waals surface area contributed by atoms with Gasteiger partial charge >= 0.3 is 0 Å². The molecule has 1 fully saturated rings. The summed E-state index contributed by atoms with van der Waals surface area (Å²) in [5, 5.41) is 0.963. The zero-order valence-corrected chi connectivity index (χ0v) is 14.0. The Bertz CT molecular complexity index is 633. The fraction of sp³-hybridized carbons (Fsp3) is 0.529. The average molecular weight is 318 g/mol. The molecule has 2 aromatic heterocycles. The summed E-state index contributed by atoms with van der Waals surface area (Å²) in [5.41, 5.74) is 0.926. The van der Waals surface area contributed by atoms with Crippen molar-refractivity contribution in [1.82, 2.24) is 9.88 Å². The van der Waals surface area contributed by atoms with E-state index in [0.717, 1.165) is 53.6 Å². The molecule has 0 aromatic carbocycles. The summed E-state index contributed by atoms with van der Waals surface area (Å²) in [6.45, 7) is 4.81. The number of likely N-dealkylation sites (tertiary alicyclic amines) is 1.